The van der Waals surface area contributed by atoms with Crippen LogP contribution >= 0.6 is 15.9 Å². The van der Waals surface area contributed by atoms with Gasteiger partial charge in [-0.05, 0) is 47.5 Å². The molecule has 70 valence electrons. The van der Waals surface area contributed by atoms with E-state index >= 15 is 0 Å². The Morgan fingerprint density at radius 2 is 2.08 bits per heavy atom. The van der Waals surface area contributed by atoms with Crippen LogP contribution in [-0.2, 0) is 0 Å². The van der Waals surface area contributed by atoms with Crippen LogP contribution in [-0.4, -0.2) is 12.9 Å². The molecule has 0 N–H and O–H groups in total. The molecule has 0 bridgehead atoms. The zero-order chi connectivity index (χ0) is 10.0. The van der Waals surface area contributed by atoms with Gasteiger partial charge in [0.25, 0.3) is 0 Å². The fourth-order valence-electron chi connectivity index (χ4n) is 1.28. The molecule has 1 aromatic rings. The van der Waals surface area contributed by atoms with E-state index in [0.717, 1.165) is 21.3 Å². The summed E-state index contributed by atoms with van der Waals surface area (Å²) >= 11 is 3.34. The van der Waals surface area contributed by atoms with Crippen molar-refractivity contribution in [3.8, 4) is 5.75 Å². The predicted molar refractivity (Wildman–Crippen MR) is 55.4 cm³/mol. The third kappa shape index (κ3) is 2.10. The molecule has 0 aromatic heterocycles. The van der Waals surface area contributed by atoms with Gasteiger partial charge in [-0.1, -0.05) is 0 Å². The van der Waals surface area contributed by atoms with E-state index < -0.39 is 0 Å². The highest BCUT2D eigenvalue weighted by Gasteiger charge is 2.10. The summed E-state index contributed by atoms with van der Waals surface area (Å²) in [7, 11) is 1.61. The maximum absolute atomic E-state index is 11.2. The van der Waals surface area contributed by atoms with Gasteiger partial charge in [0, 0.05) is 10.0 Å². The summed E-state index contributed by atoms with van der Waals surface area (Å²) in [4.78, 5) is 11.2. The number of aryl methyl sites for hydroxylation is 1. The van der Waals surface area contributed by atoms with Gasteiger partial charge in [0.15, 0.2) is 5.78 Å². The van der Waals surface area contributed by atoms with Crippen LogP contribution in [0.15, 0.2) is 16.6 Å². The maximum atomic E-state index is 11.2. The number of carbonyl (C=O) groups is 1. The molecule has 0 aliphatic heterocycles. The third-order valence-corrected chi connectivity index (χ3v) is 2.47. The summed E-state index contributed by atoms with van der Waals surface area (Å²) in [6.45, 7) is 3.45. The molecule has 0 spiro atoms. The van der Waals surface area contributed by atoms with Gasteiger partial charge in [-0.25, -0.2) is 0 Å². The van der Waals surface area contributed by atoms with Gasteiger partial charge in [-0.15, -0.1) is 0 Å². The van der Waals surface area contributed by atoms with Crippen LogP contribution in [0.2, 0.25) is 0 Å². The smallest absolute Gasteiger partial charge is 0.161 e. The highest BCUT2D eigenvalue weighted by atomic mass is 79.9. The van der Waals surface area contributed by atoms with Crippen molar-refractivity contribution >= 4 is 21.7 Å². The first-order chi connectivity index (χ1) is 6.06. The molecule has 1 rings (SSSR count). The summed E-state index contributed by atoms with van der Waals surface area (Å²) < 4.78 is 5.86. The minimum atomic E-state index is 0.0621. The van der Waals surface area contributed by atoms with Gasteiger partial charge in [0.2, 0.25) is 0 Å². The standard InChI is InChI=1S/C10H11BrO2/c1-6-4-8(13-3)5-9(11)10(6)7(2)12/h4-5H,1-3H3. The maximum Gasteiger partial charge on any atom is 0.161 e. The number of Topliss-reactive ketones (excluding diaryl/α,β-unsaturated/α-hetero) is 1. The van der Waals surface area contributed by atoms with Crippen molar-refractivity contribution in [3.05, 3.63) is 27.7 Å². The monoisotopic (exact) mass is 242 g/mol. The molecular formula is C10H11BrO2. The van der Waals surface area contributed by atoms with E-state index in [1.807, 2.05) is 13.0 Å². The lowest BCUT2D eigenvalue weighted by atomic mass is 10.1. The van der Waals surface area contributed by atoms with Gasteiger partial charge in [-0.3, -0.25) is 4.79 Å². The number of halogens is 1. The lowest BCUT2D eigenvalue weighted by Crippen LogP contribution is -1.98. The Hall–Kier alpha value is -0.830. The van der Waals surface area contributed by atoms with E-state index in [9.17, 15) is 4.79 Å². The second kappa shape index (κ2) is 3.92. The first-order valence-corrected chi connectivity index (χ1v) is 4.70. The van der Waals surface area contributed by atoms with E-state index in [1.165, 1.54) is 0 Å². The van der Waals surface area contributed by atoms with Crippen molar-refractivity contribution in [2.45, 2.75) is 13.8 Å². The summed E-state index contributed by atoms with van der Waals surface area (Å²) in [6, 6.07) is 3.64. The lowest BCUT2D eigenvalue weighted by molar-refractivity contribution is 0.101. The lowest BCUT2D eigenvalue weighted by Gasteiger charge is -2.07. The third-order valence-electron chi connectivity index (χ3n) is 1.85. The van der Waals surface area contributed by atoms with E-state index in [0.29, 0.717) is 0 Å². The van der Waals surface area contributed by atoms with Gasteiger partial charge >= 0.3 is 0 Å². The molecule has 0 unspecified atom stereocenters. The highest BCUT2D eigenvalue weighted by molar-refractivity contribution is 9.10. The summed E-state index contributed by atoms with van der Waals surface area (Å²) in [5.74, 6) is 0.821. The SMILES string of the molecule is COc1cc(C)c(C(C)=O)c(Br)c1. The first-order valence-electron chi connectivity index (χ1n) is 3.91. The Morgan fingerprint density at radius 1 is 1.46 bits per heavy atom. The van der Waals surface area contributed by atoms with Crippen LogP contribution in [0.3, 0.4) is 0 Å². The molecule has 0 amide bonds. The molecule has 2 nitrogen and oxygen atoms in total. The van der Waals surface area contributed by atoms with Crippen LogP contribution < -0.4 is 4.74 Å². The van der Waals surface area contributed by atoms with Crippen LogP contribution in [0.1, 0.15) is 22.8 Å². The van der Waals surface area contributed by atoms with E-state index in [1.54, 1.807) is 20.1 Å². The Balaban J connectivity index is 3.31. The van der Waals surface area contributed by atoms with Gasteiger partial charge in [0.1, 0.15) is 5.75 Å². The van der Waals surface area contributed by atoms with Crippen LogP contribution in [0, 0.1) is 6.92 Å². The van der Waals surface area contributed by atoms with Crippen LogP contribution in [0.5, 0.6) is 5.75 Å². The van der Waals surface area contributed by atoms with Gasteiger partial charge < -0.3 is 4.74 Å². The molecular weight excluding hydrogens is 232 g/mol. The van der Waals surface area contributed by atoms with E-state index in [2.05, 4.69) is 15.9 Å². The minimum Gasteiger partial charge on any atom is -0.497 e. The Kier molecular flexibility index (Phi) is 3.09. The highest BCUT2D eigenvalue weighted by Crippen LogP contribution is 2.26. The van der Waals surface area contributed by atoms with Gasteiger partial charge in [-0.2, -0.15) is 0 Å². The second-order valence-electron chi connectivity index (χ2n) is 2.86. The number of rotatable bonds is 2. The number of hydrogen-bond donors (Lipinski definition) is 0. The van der Waals surface area contributed by atoms with Crippen molar-refractivity contribution in [2.75, 3.05) is 7.11 Å². The fraction of sp³-hybridized carbons (Fsp3) is 0.300. The number of ether oxygens (including phenoxy) is 1. The second-order valence-corrected chi connectivity index (χ2v) is 3.71. The molecule has 0 saturated heterocycles. The zero-order valence-corrected chi connectivity index (χ0v) is 9.44. The molecule has 0 fully saturated rings. The predicted octanol–water partition coefficient (Wildman–Crippen LogP) is 2.97. The Labute approximate surface area is 86.0 Å². The molecule has 0 saturated carbocycles. The zero-order valence-electron chi connectivity index (χ0n) is 7.85. The molecule has 1 aromatic carbocycles. The largest absolute Gasteiger partial charge is 0.497 e. The molecule has 0 heterocycles. The summed E-state index contributed by atoms with van der Waals surface area (Å²) in [5.41, 5.74) is 1.65. The van der Waals surface area contributed by atoms with E-state index in [4.69, 9.17) is 4.74 Å². The Morgan fingerprint density at radius 3 is 2.46 bits per heavy atom. The number of methoxy groups -OCH3 is 1. The molecule has 13 heavy (non-hydrogen) atoms. The average molecular weight is 243 g/mol. The van der Waals surface area contributed by atoms with Gasteiger partial charge in [0.05, 0.1) is 7.11 Å². The van der Waals surface area contributed by atoms with Crippen molar-refractivity contribution in [3.63, 3.8) is 0 Å². The molecule has 0 aliphatic carbocycles. The van der Waals surface area contributed by atoms with Crippen LogP contribution in [0.4, 0.5) is 0 Å². The quantitative estimate of drug-likeness (QED) is 0.746. The number of benzene rings is 1. The summed E-state index contributed by atoms with van der Waals surface area (Å²) in [5, 5.41) is 0. The van der Waals surface area contributed by atoms with E-state index in [-0.39, 0.29) is 5.78 Å². The van der Waals surface area contributed by atoms with Crippen LogP contribution in [0.25, 0.3) is 0 Å². The number of hydrogen-bond acceptors (Lipinski definition) is 2. The van der Waals surface area contributed by atoms with Crippen molar-refractivity contribution < 1.29 is 9.53 Å². The normalized spacial score (nSPS) is 9.85. The van der Waals surface area contributed by atoms with Crippen molar-refractivity contribution in [1.29, 1.82) is 0 Å². The number of carbonyl (C=O) groups excluding carboxylic acids is 1. The van der Waals surface area contributed by atoms with Crippen molar-refractivity contribution in [1.82, 2.24) is 0 Å². The number of ketones is 1. The molecule has 3 heteroatoms. The first kappa shape index (κ1) is 10.3. The molecule has 0 atom stereocenters. The Bertz CT molecular complexity index is 322. The average Bonchev–Trinajstić information content (AvgIpc) is 2.02. The minimum absolute atomic E-state index is 0.0621. The van der Waals surface area contributed by atoms with Crippen molar-refractivity contribution in [2.24, 2.45) is 0 Å². The fourth-order valence-corrected chi connectivity index (χ4v) is 2.09. The topological polar surface area (TPSA) is 26.3 Å². The molecule has 0 aliphatic rings. The molecule has 0 radical (unpaired) electrons. The summed E-state index contributed by atoms with van der Waals surface area (Å²) in [6.07, 6.45) is 0.